The molecule has 0 radical (unpaired) electrons. The second-order valence-electron chi connectivity index (χ2n) is 13.9. The van der Waals surface area contributed by atoms with Gasteiger partial charge in [0.15, 0.2) is 0 Å². The minimum absolute atomic E-state index is 0.0402. The van der Waals surface area contributed by atoms with Gasteiger partial charge in [-0.15, -0.1) is 0 Å². The molecule has 0 fully saturated rings. The third kappa shape index (κ3) is 14.5. The molecule has 16 nitrogen and oxygen atoms in total. The van der Waals surface area contributed by atoms with E-state index in [0.717, 1.165) is 22.5 Å². The molecule has 0 bridgehead atoms. The maximum absolute atomic E-state index is 14.3. The lowest BCUT2D eigenvalue weighted by Crippen LogP contribution is -2.34. The van der Waals surface area contributed by atoms with Gasteiger partial charge in [0.25, 0.3) is 5.91 Å². The number of hydrogen-bond donors (Lipinski definition) is 7. The molecule has 0 spiro atoms. The smallest absolute Gasteiger partial charge is 0.308 e. The average molecular weight is 801 g/mol. The van der Waals surface area contributed by atoms with Crippen LogP contribution in [0.15, 0.2) is 84.7 Å². The van der Waals surface area contributed by atoms with Gasteiger partial charge in [0, 0.05) is 41.7 Å². The molecule has 1 heterocycles. The highest BCUT2D eigenvalue weighted by atomic mass is 19.1. The van der Waals surface area contributed by atoms with E-state index >= 15 is 0 Å². The Kier molecular flexibility index (Phi) is 18.4. The molecule has 7 N–H and O–H groups in total. The zero-order valence-electron chi connectivity index (χ0n) is 32.0. The molecule has 1 aliphatic rings. The number of allylic oxidation sites excluding steroid dienone is 4. The summed E-state index contributed by atoms with van der Waals surface area (Å²) in [7, 11) is 0. The fourth-order valence-electron chi connectivity index (χ4n) is 6.67. The SMILES string of the molecule is CC(C)c1c(C(=O)Nc2ccccc2)c(-c2ccccc2)c(C2C=CC(F)=CC2)n1CCC(O)CC(O)CC(=O)OCCCCOCC(CON(O)O)ON(O)O. The number of amides is 1. The monoisotopic (exact) mass is 800 g/mol. The predicted molar refractivity (Wildman–Crippen MR) is 203 cm³/mol. The van der Waals surface area contributed by atoms with Crippen LogP contribution in [-0.2, 0) is 30.5 Å². The number of hydrogen-bond acceptors (Lipinski definition) is 14. The second-order valence-corrected chi connectivity index (χ2v) is 13.9. The lowest BCUT2D eigenvalue weighted by atomic mass is 9.89. The summed E-state index contributed by atoms with van der Waals surface area (Å²) in [5, 5.41) is 58.6. The van der Waals surface area contributed by atoms with Crippen LogP contribution in [0.2, 0.25) is 0 Å². The number of aliphatic hydroxyl groups excluding tert-OH is 2. The van der Waals surface area contributed by atoms with Gasteiger partial charge in [0.1, 0.15) is 18.5 Å². The summed E-state index contributed by atoms with van der Waals surface area (Å²) in [5.74, 6) is -1.69. The Morgan fingerprint density at radius 3 is 2.25 bits per heavy atom. The number of ether oxygens (including phenoxy) is 2. The number of halogens is 1. The van der Waals surface area contributed by atoms with Crippen molar-refractivity contribution < 1.29 is 64.2 Å². The van der Waals surface area contributed by atoms with Crippen molar-refractivity contribution in [1.29, 1.82) is 0 Å². The fraction of sp³-hybridized carbons (Fsp3) is 0.450. The van der Waals surface area contributed by atoms with Gasteiger partial charge in [-0.2, -0.15) is 0 Å². The van der Waals surface area contributed by atoms with Crippen LogP contribution in [0.5, 0.6) is 0 Å². The number of nitrogens with one attached hydrogen (secondary N) is 1. The summed E-state index contributed by atoms with van der Waals surface area (Å²) < 4.78 is 26.9. The number of benzene rings is 2. The molecular weight excluding hydrogens is 747 g/mol. The normalized spacial score (nSPS) is 15.9. The quantitative estimate of drug-likeness (QED) is 0.0312. The van der Waals surface area contributed by atoms with Gasteiger partial charge in [-0.3, -0.25) is 30.4 Å². The van der Waals surface area contributed by atoms with E-state index in [0.29, 0.717) is 30.5 Å². The summed E-state index contributed by atoms with van der Waals surface area (Å²) in [6.07, 6.45) is 2.43. The van der Waals surface area contributed by atoms with Crippen LogP contribution in [0, 0.1) is 0 Å². The van der Waals surface area contributed by atoms with E-state index in [1.807, 2.05) is 74.5 Å². The van der Waals surface area contributed by atoms with E-state index in [1.54, 1.807) is 6.08 Å². The molecule has 0 aliphatic heterocycles. The first-order valence-electron chi connectivity index (χ1n) is 18.8. The van der Waals surface area contributed by atoms with Crippen molar-refractivity contribution >= 4 is 17.6 Å². The van der Waals surface area contributed by atoms with Crippen molar-refractivity contribution in [3.05, 3.63) is 102 Å². The molecule has 0 saturated carbocycles. The van der Waals surface area contributed by atoms with Crippen LogP contribution in [0.4, 0.5) is 10.1 Å². The van der Waals surface area contributed by atoms with Crippen LogP contribution in [-0.4, -0.2) is 103 Å². The van der Waals surface area contributed by atoms with Crippen LogP contribution >= 0.6 is 0 Å². The van der Waals surface area contributed by atoms with Crippen molar-refractivity contribution in [2.45, 2.75) is 89.1 Å². The highest BCUT2D eigenvalue weighted by Crippen LogP contribution is 2.43. The number of rotatable bonds is 24. The molecule has 4 rings (SSSR count). The third-order valence-corrected chi connectivity index (χ3v) is 9.12. The number of carbonyl (C=O) groups excluding carboxylic acids is 2. The zero-order valence-corrected chi connectivity index (χ0v) is 32.0. The predicted octanol–water partition coefficient (Wildman–Crippen LogP) is 6.05. The number of aliphatic hydroxyl groups is 2. The lowest BCUT2D eigenvalue weighted by Gasteiger charge is -2.23. The first-order chi connectivity index (χ1) is 27.3. The zero-order chi connectivity index (χ0) is 41.3. The summed E-state index contributed by atoms with van der Waals surface area (Å²) in [6, 6.07) is 18.7. The van der Waals surface area contributed by atoms with Crippen molar-refractivity contribution in [3.8, 4) is 11.1 Å². The minimum atomic E-state index is -1.18. The van der Waals surface area contributed by atoms with Crippen LogP contribution < -0.4 is 5.32 Å². The highest BCUT2D eigenvalue weighted by Gasteiger charge is 2.33. The van der Waals surface area contributed by atoms with Crippen LogP contribution in [0.3, 0.4) is 0 Å². The second kappa shape index (κ2) is 23.1. The third-order valence-electron chi connectivity index (χ3n) is 9.12. The maximum atomic E-state index is 14.3. The molecule has 1 amide bonds. The maximum Gasteiger partial charge on any atom is 0.308 e. The minimum Gasteiger partial charge on any atom is -0.466 e. The highest BCUT2D eigenvalue weighted by molar-refractivity contribution is 6.10. The van der Waals surface area contributed by atoms with Gasteiger partial charge < -0.3 is 29.6 Å². The molecule has 0 saturated heterocycles. The number of carbonyl (C=O) groups is 2. The number of unbranched alkanes of at least 4 members (excludes halogenated alkanes) is 1. The van der Waals surface area contributed by atoms with E-state index in [4.69, 9.17) is 30.3 Å². The number of nitrogens with zero attached hydrogens (tertiary/aromatic N) is 3. The number of aromatic nitrogens is 1. The first-order valence-corrected chi connectivity index (χ1v) is 18.8. The number of para-hydroxylation sites is 1. The molecule has 57 heavy (non-hydrogen) atoms. The van der Waals surface area contributed by atoms with E-state index in [9.17, 15) is 24.2 Å². The molecule has 4 atom stereocenters. The largest absolute Gasteiger partial charge is 0.466 e. The van der Waals surface area contributed by atoms with Crippen molar-refractivity contribution in [2.75, 3.05) is 31.7 Å². The van der Waals surface area contributed by atoms with E-state index in [2.05, 4.69) is 19.6 Å². The fourth-order valence-corrected chi connectivity index (χ4v) is 6.67. The summed E-state index contributed by atoms with van der Waals surface area (Å²) in [6.45, 7) is 3.80. The molecule has 312 valence electrons. The topological polar surface area (TPSA) is 216 Å². The van der Waals surface area contributed by atoms with E-state index in [-0.39, 0.29) is 69.2 Å². The van der Waals surface area contributed by atoms with Crippen molar-refractivity contribution in [2.24, 2.45) is 0 Å². The number of esters is 1. The van der Waals surface area contributed by atoms with Gasteiger partial charge >= 0.3 is 5.97 Å². The summed E-state index contributed by atoms with van der Waals surface area (Å²) >= 11 is 0. The molecule has 1 aromatic heterocycles. The average Bonchev–Trinajstić information content (AvgIpc) is 3.52. The van der Waals surface area contributed by atoms with Crippen molar-refractivity contribution in [3.63, 3.8) is 0 Å². The Morgan fingerprint density at radius 2 is 1.61 bits per heavy atom. The van der Waals surface area contributed by atoms with Gasteiger partial charge in [-0.25, -0.2) is 14.1 Å². The van der Waals surface area contributed by atoms with Gasteiger partial charge in [-0.1, -0.05) is 68.5 Å². The van der Waals surface area contributed by atoms with Gasteiger partial charge in [0.2, 0.25) is 0 Å². The van der Waals surface area contributed by atoms with E-state index < -0.39 is 41.7 Å². The Balaban J connectivity index is 1.39. The standard InChI is InChI=1S/C40H53FN4O12/c1-27(2)38-37(40(49)42-31-13-7-4-8-14-31)36(28-11-5-3-6-12-28)39(29-15-17-30(41)18-16-29)43(38)20-19-32(46)23-33(47)24-35(48)55-22-10-9-21-54-25-34(57-45(52)53)26-56-44(50)51/h3-8,11-15,17-18,27,29,32-34,46-47,50-53H,9-10,16,19-26H2,1-2H3,(H,42,49). The Labute approximate surface area is 330 Å². The molecule has 17 heteroatoms. The summed E-state index contributed by atoms with van der Waals surface area (Å²) in [5.41, 5.74) is 4.24. The van der Waals surface area contributed by atoms with Crippen LogP contribution in [0.25, 0.3) is 11.1 Å². The number of anilines is 1. The lowest BCUT2D eigenvalue weighted by molar-refractivity contribution is -0.528. The molecule has 1 aliphatic carbocycles. The first kappa shape index (κ1) is 45.3. The Morgan fingerprint density at radius 1 is 0.930 bits per heavy atom. The van der Waals surface area contributed by atoms with Gasteiger partial charge in [-0.05, 0) is 67.9 Å². The van der Waals surface area contributed by atoms with Gasteiger partial charge in [0.05, 0.1) is 48.2 Å². The van der Waals surface area contributed by atoms with Crippen LogP contribution in [0.1, 0.15) is 86.0 Å². The van der Waals surface area contributed by atoms with Crippen molar-refractivity contribution in [1.82, 2.24) is 15.3 Å². The molecular formula is C40H53FN4O12. The molecule has 4 unspecified atom stereocenters. The Bertz CT molecular complexity index is 1750. The Hall–Kier alpha value is -4.37. The summed E-state index contributed by atoms with van der Waals surface area (Å²) in [4.78, 5) is 35.7. The van der Waals surface area contributed by atoms with E-state index in [1.165, 1.54) is 12.2 Å². The molecule has 2 aromatic carbocycles. The molecule has 3 aromatic rings.